The number of carbonyl (C=O) groups excluding carboxylic acids is 2. The minimum Gasteiger partial charge on any atom is -0.508 e. The highest BCUT2D eigenvalue weighted by atomic mass is 16.3. The van der Waals surface area contributed by atoms with Crippen molar-refractivity contribution in [1.82, 2.24) is 0 Å². The van der Waals surface area contributed by atoms with Gasteiger partial charge in [-0.15, -0.1) is 0 Å². The highest BCUT2D eigenvalue weighted by Crippen LogP contribution is 2.25. The minimum absolute atomic E-state index is 0.0694. The number of carbonyl (C=O) groups is 2. The second-order valence-corrected chi connectivity index (χ2v) is 3.32. The Balaban J connectivity index is 2.42. The summed E-state index contributed by atoms with van der Waals surface area (Å²) in [5.74, 6) is -0.702. The third kappa shape index (κ3) is 1.50. The summed E-state index contributed by atoms with van der Waals surface area (Å²) in [6.07, 6.45) is 2.42. The van der Waals surface area contributed by atoms with Gasteiger partial charge in [0.1, 0.15) is 5.75 Å². The van der Waals surface area contributed by atoms with Gasteiger partial charge in [-0.2, -0.15) is 0 Å². The third-order valence-corrected chi connectivity index (χ3v) is 2.26. The molecule has 0 saturated carbocycles. The Labute approximate surface area is 86.4 Å². The topological polar surface area (TPSA) is 57.6 Å². The average Bonchev–Trinajstić information content (AvgIpc) is 2.52. The molecule has 1 aliphatic heterocycles. The van der Waals surface area contributed by atoms with Crippen molar-refractivity contribution < 1.29 is 14.7 Å². The summed E-state index contributed by atoms with van der Waals surface area (Å²) in [6, 6.07) is 4.68. The van der Waals surface area contributed by atoms with Crippen LogP contribution in [0.25, 0.3) is 0 Å². The lowest BCUT2D eigenvalue weighted by Gasteiger charge is -2.14. The molecule has 0 fully saturated rings. The zero-order valence-corrected chi connectivity index (χ0v) is 8.10. The molecule has 1 N–H and O–H groups in total. The first-order chi connectivity index (χ1) is 7.09. The minimum atomic E-state index is -0.386. The smallest absolute Gasteiger partial charge is 0.258 e. The Morgan fingerprint density at radius 2 is 1.73 bits per heavy atom. The Morgan fingerprint density at radius 1 is 1.13 bits per heavy atom. The number of nitrogens with zero attached hydrogens (tertiary/aromatic N) is 1. The van der Waals surface area contributed by atoms with E-state index in [0.29, 0.717) is 11.3 Å². The number of phenolic OH excluding ortho intramolecular Hbond substituents is 1. The third-order valence-electron chi connectivity index (χ3n) is 2.26. The lowest BCUT2D eigenvalue weighted by Crippen LogP contribution is -2.29. The van der Waals surface area contributed by atoms with Crippen LogP contribution in [0.4, 0.5) is 5.69 Å². The molecule has 0 aromatic heterocycles. The predicted molar refractivity (Wildman–Crippen MR) is 54.5 cm³/mol. The monoisotopic (exact) mass is 203 g/mol. The maximum absolute atomic E-state index is 11.3. The van der Waals surface area contributed by atoms with Gasteiger partial charge >= 0.3 is 0 Å². The fourth-order valence-electron chi connectivity index (χ4n) is 1.39. The molecule has 2 rings (SSSR count). The molecule has 0 unspecified atom stereocenters. The summed E-state index contributed by atoms with van der Waals surface area (Å²) in [7, 11) is 0. The van der Waals surface area contributed by atoms with Gasteiger partial charge in [-0.25, -0.2) is 4.90 Å². The largest absolute Gasteiger partial charge is 0.508 e. The fourth-order valence-corrected chi connectivity index (χ4v) is 1.39. The van der Waals surface area contributed by atoms with Gasteiger partial charge in [-0.1, -0.05) is 6.07 Å². The van der Waals surface area contributed by atoms with Crippen LogP contribution in [0.5, 0.6) is 5.75 Å². The fraction of sp³-hybridized carbons (Fsp3) is 0.0909. The van der Waals surface area contributed by atoms with Crippen molar-refractivity contribution in [2.24, 2.45) is 0 Å². The molecule has 0 bridgehead atoms. The zero-order valence-electron chi connectivity index (χ0n) is 8.10. The van der Waals surface area contributed by atoms with Crippen LogP contribution in [0.3, 0.4) is 0 Å². The lowest BCUT2D eigenvalue weighted by molar-refractivity contribution is -0.119. The highest BCUT2D eigenvalue weighted by Gasteiger charge is 2.25. The normalized spacial score (nSPS) is 15.1. The van der Waals surface area contributed by atoms with E-state index in [0.717, 1.165) is 4.90 Å². The average molecular weight is 203 g/mol. The first-order valence-electron chi connectivity index (χ1n) is 4.45. The molecule has 0 saturated heterocycles. The molecule has 0 atom stereocenters. The van der Waals surface area contributed by atoms with Crippen molar-refractivity contribution in [2.75, 3.05) is 4.90 Å². The molecule has 1 aliphatic rings. The molecular weight excluding hydrogens is 194 g/mol. The maximum Gasteiger partial charge on any atom is 0.258 e. The van der Waals surface area contributed by atoms with E-state index in [2.05, 4.69) is 0 Å². The second-order valence-electron chi connectivity index (χ2n) is 3.32. The molecule has 76 valence electrons. The van der Waals surface area contributed by atoms with Crippen molar-refractivity contribution in [3.8, 4) is 5.75 Å². The number of aryl methyl sites for hydroxylation is 1. The Bertz CT molecular complexity index is 459. The standard InChI is InChI=1S/C11H9NO3/c1-7-2-3-8(6-9(7)13)12-10(14)4-5-11(12)15/h2-6,13H,1H3. The van der Waals surface area contributed by atoms with Gasteiger partial charge in [0.15, 0.2) is 0 Å². The Hall–Kier alpha value is -2.10. The number of amides is 2. The van der Waals surface area contributed by atoms with Crippen LogP contribution >= 0.6 is 0 Å². The summed E-state index contributed by atoms with van der Waals surface area (Å²) in [6.45, 7) is 1.74. The predicted octanol–water partition coefficient (Wildman–Crippen LogP) is 1.13. The molecule has 0 radical (unpaired) electrons. The van der Waals surface area contributed by atoms with Crippen LogP contribution in [-0.4, -0.2) is 16.9 Å². The summed E-state index contributed by atoms with van der Waals surface area (Å²) in [5.41, 5.74) is 1.09. The van der Waals surface area contributed by atoms with Gasteiger partial charge in [0.25, 0.3) is 11.8 Å². The van der Waals surface area contributed by atoms with Crippen molar-refractivity contribution in [3.63, 3.8) is 0 Å². The van der Waals surface area contributed by atoms with Gasteiger partial charge in [0, 0.05) is 18.2 Å². The van der Waals surface area contributed by atoms with Crippen molar-refractivity contribution in [2.45, 2.75) is 6.92 Å². The number of aromatic hydroxyl groups is 1. The SMILES string of the molecule is Cc1ccc(N2C(=O)C=CC2=O)cc1O. The Morgan fingerprint density at radius 3 is 2.27 bits per heavy atom. The summed E-state index contributed by atoms with van der Waals surface area (Å²) >= 11 is 0. The second kappa shape index (κ2) is 3.24. The van der Waals surface area contributed by atoms with Crippen LogP contribution in [0.2, 0.25) is 0 Å². The van der Waals surface area contributed by atoms with Crippen LogP contribution in [-0.2, 0) is 9.59 Å². The van der Waals surface area contributed by atoms with E-state index < -0.39 is 0 Å². The van der Waals surface area contributed by atoms with E-state index in [1.807, 2.05) is 0 Å². The molecule has 4 heteroatoms. The number of imide groups is 1. The maximum atomic E-state index is 11.3. The lowest BCUT2D eigenvalue weighted by atomic mass is 10.2. The molecule has 1 heterocycles. The Kier molecular flexibility index (Phi) is 2.04. The van der Waals surface area contributed by atoms with Gasteiger partial charge < -0.3 is 5.11 Å². The van der Waals surface area contributed by atoms with Gasteiger partial charge in [-0.3, -0.25) is 9.59 Å². The molecule has 15 heavy (non-hydrogen) atoms. The van der Waals surface area contributed by atoms with E-state index in [1.165, 1.54) is 18.2 Å². The molecular formula is C11H9NO3. The quantitative estimate of drug-likeness (QED) is 0.696. The van der Waals surface area contributed by atoms with Gasteiger partial charge in [0.05, 0.1) is 5.69 Å². The first kappa shape index (κ1) is 9.45. The van der Waals surface area contributed by atoms with Crippen molar-refractivity contribution in [3.05, 3.63) is 35.9 Å². The summed E-state index contributed by atoms with van der Waals surface area (Å²) in [5, 5.41) is 9.46. The number of rotatable bonds is 1. The van der Waals surface area contributed by atoms with E-state index >= 15 is 0 Å². The number of benzene rings is 1. The van der Waals surface area contributed by atoms with Crippen LogP contribution < -0.4 is 4.90 Å². The number of anilines is 1. The van der Waals surface area contributed by atoms with Gasteiger partial charge in [0.2, 0.25) is 0 Å². The van der Waals surface area contributed by atoms with Crippen LogP contribution in [0.1, 0.15) is 5.56 Å². The first-order valence-corrected chi connectivity index (χ1v) is 4.45. The number of hydrogen-bond acceptors (Lipinski definition) is 3. The molecule has 1 aromatic rings. The van der Waals surface area contributed by atoms with E-state index in [9.17, 15) is 14.7 Å². The summed E-state index contributed by atoms with van der Waals surface area (Å²) in [4.78, 5) is 23.6. The number of phenols is 1. The van der Waals surface area contributed by atoms with Crippen LogP contribution in [0.15, 0.2) is 30.4 Å². The molecule has 0 spiro atoms. The molecule has 4 nitrogen and oxygen atoms in total. The highest BCUT2D eigenvalue weighted by molar-refractivity contribution is 6.28. The van der Waals surface area contributed by atoms with E-state index in [-0.39, 0.29) is 17.6 Å². The molecule has 1 aromatic carbocycles. The zero-order chi connectivity index (χ0) is 11.0. The van der Waals surface area contributed by atoms with Crippen LogP contribution in [0, 0.1) is 6.92 Å². The summed E-state index contributed by atoms with van der Waals surface area (Å²) < 4.78 is 0. The van der Waals surface area contributed by atoms with Crippen molar-refractivity contribution in [1.29, 1.82) is 0 Å². The van der Waals surface area contributed by atoms with Crippen molar-refractivity contribution >= 4 is 17.5 Å². The van der Waals surface area contributed by atoms with E-state index in [4.69, 9.17) is 0 Å². The van der Waals surface area contributed by atoms with Gasteiger partial charge in [-0.05, 0) is 18.6 Å². The number of hydrogen-bond donors (Lipinski definition) is 1. The molecule has 0 aliphatic carbocycles. The molecule has 2 amide bonds. The van der Waals surface area contributed by atoms with E-state index in [1.54, 1.807) is 19.1 Å².